The SMILES string of the molecule is CCNC(=S)NCC(C)(C)c1nc(-c2ccc3cc(OC)ccc3c2)c(-c2ccncc2)[nH]1. The first-order valence-corrected chi connectivity index (χ1v) is 11.4. The van der Waals surface area contributed by atoms with Crippen LogP contribution in [0.4, 0.5) is 0 Å². The molecule has 0 aliphatic heterocycles. The summed E-state index contributed by atoms with van der Waals surface area (Å²) in [5.74, 6) is 1.74. The molecule has 0 bridgehead atoms. The Bertz CT molecular complexity index is 1270. The van der Waals surface area contributed by atoms with Crippen LogP contribution in [0.15, 0.2) is 60.9 Å². The summed E-state index contributed by atoms with van der Waals surface area (Å²) in [6.45, 7) is 7.77. The number of rotatable bonds is 7. The van der Waals surface area contributed by atoms with E-state index in [9.17, 15) is 0 Å². The molecule has 4 rings (SSSR count). The lowest BCUT2D eigenvalue weighted by molar-refractivity contribution is 0.415. The van der Waals surface area contributed by atoms with Crippen LogP contribution in [-0.2, 0) is 5.41 Å². The average molecular weight is 460 g/mol. The molecule has 0 radical (unpaired) electrons. The topological polar surface area (TPSA) is 74.9 Å². The van der Waals surface area contributed by atoms with Crippen molar-refractivity contribution in [1.29, 1.82) is 0 Å². The summed E-state index contributed by atoms with van der Waals surface area (Å²) in [6, 6.07) is 16.5. The molecule has 0 spiro atoms. The second-order valence-corrected chi connectivity index (χ2v) is 8.98. The number of nitrogens with one attached hydrogen (secondary N) is 3. The number of hydrogen-bond acceptors (Lipinski definition) is 4. The number of methoxy groups -OCH3 is 1. The van der Waals surface area contributed by atoms with Crippen LogP contribution in [0.3, 0.4) is 0 Å². The molecule has 6 nitrogen and oxygen atoms in total. The number of H-pyrrole nitrogens is 1. The number of imidazole rings is 1. The first kappa shape index (κ1) is 22.7. The smallest absolute Gasteiger partial charge is 0.166 e. The normalized spacial score (nSPS) is 11.4. The average Bonchev–Trinajstić information content (AvgIpc) is 3.29. The molecule has 0 aliphatic carbocycles. The van der Waals surface area contributed by atoms with Crippen LogP contribution in [0, 0.1) is 0 Å². The maximum absolute atomic E-state index is 5.37. The minimum atomic E-state index is -0.274. The molecule has 33 heavy (non-hydrogen) atoms. The number of nitrogens with zero attached hydrogens (tertiary/aromatic N) is 2. The summed E-state index contributed by atoms with van der Waals surface area (Å²) in [4.78, 5) is 12.9. The Labute approximate surface area is 199 Å². The van der Waals surface area contributed by atoms with Crippen molar-refractivity contribution in [2.45, 2.75) is 26.2 Å². The van der Waals surface area contributed by atoms with Crippen LogP contribution in [0.1, 0.15) is 26.6 Å². The Kier molecular flexibility index (Phi) is 6.60. The fourth-order valence-corrected chi connectivity index (χ4v) is 3.95. The largest absolute Gasteiger partial charge is 0.497 e. The van der Waals surface area contributed by atoms with Gasteiger partial charge in [0.2, 0.25) is 0 Å². The van der Waals surface area contributed by atoms with Gasteiger partial charge in [0.25, 0.3) is 0 Å². The Balaban J connectivity index is 1.76. The quantitative estimate of drug-likeness (QED) is 0.335. The number of pyridine rings is 1. The maximum Gasteiger partial charge on any atom is 0.166 e. The van der Waals surface area contributed by atoms with Gasteiger partial charge in [-0.2, -0.15) is 0 Å². The minimum Gasteiger partial charge on any atom is -0.497 e. The highest BCUT2D eigenvalue weighted by atomic mass is 32.1. The molecule has 2 aromatic heterocycles. The maximum atomic E-state index is 5.37. The molecule has 2 aromatic carbocycles. The highest BCUT2D eigenvalue weighted by Crippen LogP contribution is 2.35. The fraction of sp³-hybridized carbons (Fsp3) is 0.269. The molecule has 7 heteroatoms. The number of ether oxygens (including phenoxy) is 1. The fourth-order valence-electron chi connectivity index (χ4n) is 3.74. The molecule has 4 aromatic rings. The van der Waals surface area contributed by atoms with Gasteiger partial charge in [0.1, 0.15) is 11.6 Å². The van der Waals surface area contributed by atoms with E-state index in [1.54, 1.807) is 19.5 Å². The standard InChI is InChI=1S/C26H29N5OS/c1-5-28-25(33)29-16-26(2,3)24-30-22(17-10-12-27-13-11-17)23(31-24)20-7-6-19-15-21(32-4)9-8-18(19)14-20/h6-15H,5,16H2,1-4H3,(H,30,31)(H2,28,29,33). The summed E-state index contributed by atoms with van der Waals surface area (Å²) in [7, 11) is 1.68. The molecule has 0 amide bonds. The summed E-state index contributed by atoms with van der Waals surface area (Å²) >= 11 is 5.35. The van der Waals surface area contributed by atoms with Crippen LogP contribution < -0.4 is 15.4 Å². The Morgan fingerprint density at radius 3 is 2.45 bits per heavy atom. The first-order chi connectivity index (χ1) is 15.9. The van der Waals surface area contributed by atoms with E-state index in [-0.39, 0.29) is 5.41 Å². The van der Waals surface area contributed by atoms with Crippen molar-refractivity contribution in [2.24, 2.45) is 0 Å². The third kappa shape index (κ3) is 4.98. The van der Waals surface area contributed by atoms with Crippen LogP contribution in [0.25, 0.3) is 33.3 Å². The second-order valence-electron chi connectivity index (χ2n) is 8.57. The van der Waals surface area contributed by atoms with Crippen LogP contribution >= 0.6 is 12.2 Å². The molecule has 170 valence electrons. The van der Waals surface area contributed by atoms with Crippen molar-refractivity contribution in [3.63, 3.8) is 0 Å². The lowest BCUT2D eigenvalue weighted by Crippen LogP contribution is -2.42. The van der Waals surface area contributed by atoms with E-state index in [4.69, 9.17) is 21.9 Å². The van der Waals surface area contributed by atoms with Gasteiger partial charge in [-0.05, 0) is 60.2 Å². The predicted molar refractivity (Wildman–Crippen MR) is 139 cm³/mol. The van der Waals surface area contributed by atoms with Crippen LogP contribution in [0.5, 0.6) is 5.75 Å². The first-order valence-electron chi connectivity index (χ1n) is 11.0. The van der Waals surface area contributed by atoms with Gasteiger partial charge in [0.15, 0.2) is 5.11 Å². The van der Waals surface area contributed by atoms with Crippen molar-refractivity contribution < 1.29 is 4.74 Å². The van der Waals surface area contributed by atoms with E-state index < -0.39 is 0 Å². The molecule has 0 saturated carbocycles. The minimum absolute atomic E-state index is 0.274. The van der Waals surface area contributed by atoms with Gasteiger partial charge in [0.05, 0.1) is 18.5 Å². The van der Waals surface area contributed by atoms with E-state index >= 15 is 0 Å². The van der Waals surface area contributed by atoms with E-state index in [0.29, 0.717) is 11.7 Å². The van der Waals surface area contributed by atoms with Crippen molar-refractivity contribution >= 4 is 28.1 Å². The van der Waals surface area contributed by atoms with Gasteiger partial charge < -0.3 is 20.4 Å². The predicted octanol–water partition coefficient (Wildman–Crippen LogP) is 5.06. The number of aromatic amines is 1. The monoisotopic (exact) mass is 459 g/mol. The Hall–Kier alpha value is -3.45. The molecule has 0 atom stereocenters. The van der Waals surface area contributed by atoms with Crippen molar-refractivity contribution in [1.82, 2.24) is 25.6 Å². The third-order valence-corrected chi connectivity index (χ3v) is 5.95. The number of aromatic nitrogens is 3. The van der Waals surface area contributed by atoms with E-state index in [0.717, 1.165) is 51.4 Å². The van der Waals surface area contributed by atoms with Crippen LogP contribution in [-0.4, -0.2) is 40.3 Å². The van der Waals surface area contributed by atoms with Crippen LogP contribution in [0.2, 0.25) is 0 Å². The summed E-state index contributed by atoms with van der Waals surface area (Å²) < 4.78 is 5.37. The van der Waals surface area contributed by atoms with Gasteiger partial charge in [-0.15, -0.1) is 0 Å². The third-order valence-electron chi connectivity index (χ3n) is 5.66. The second kappa shape index (κ2) is 9.58. The highest BCUT2D eigenvalue weighted by Gasteiger charge is 2.27. The van der Waals surface area contributed by atoms with Crippen molar-refractivity contribution in [2.75, 3.05) is 20.2 Å². The zero-order valence-corrected chi connectivity index (χ0v) is 20.2. The number of thiocarbonyl (C=S) groups is 1. The molecule has 0 fully saturated rings. The van der Waals surface area contributed by atoms with Crippen molar-refractivity contribution in [3.8, 4) is 28.3 Å². The molecule has 0 saturated heterocycles. The van der Waals surface area contributed by atoms with E-state index in [2.05, 4.69) is 58.7 Å². The van der Waals surface area contributed by atoms with E-state index in [1.165, 1.54) is 0 Å². The molecule has 3 N–H and O–H groups in total. The van der Waals surface area contributed by atoms with Gasteiger partial charge in [-0.25, -0.2) is 4.98 Å². The lowest BCUT2D eigenvalue weighted by Gasteiger charge is -2.23. The van der Waals surface area contributed by atoms with Gasteiger partial charge >= 0.3 is 0 Å². The molecule has 0 aliphatic rings. The number of benzene rings is 2. The van der Waals surface area contributed by atoms with Crippen molar-refractivity contribution in [3.05, 3.63) is 66.7 Å². The molecular weight excluding hydrogens is 430 g/mol. The van der Waals surface area contributed by atoms with Gasteiger partial charge in [0, 0.05) is 42.0 Å². The zero-order valence-electron chi connectivity index (χ0n) is 19.4. The molecule has 2 heterocycles. The molecular formula is C26H29N5OS. The summed E-state index contributed by atoms with van der Waals surface area (Å²) in [5, 5.41) is 9.35. The molecule has 0 unspecified atom stereocenters. The summed E-state index contributed by atoms with van der Waals surface area (Å²) in [5.41, 5.74) is 3.71. The van der Waals surface area contributed by atoms with Gasteiger partial charge in [-0.1, -0.05) is 32.0 Å². The highest BCUT2D eigenvalue weighted by molar-refractivity contribution is 7.80. The number of fused-ring (bicyclic) bond motifs is 1. The van der Waals surface area contributed by atoms with Gasteiger partial charge in [-0.3, -0.25) is 4.98 Å². The zero-order chi connectivity index (χ0) is 23.4. The summed E-state index contributed by atoms with van der Waals surface area (Å²) in [6.07, 6.45) is 3.60. The van der Waals surface area contributed by atoms with E-state index in [1.807, 2.05) is 31.2 Å². The lowest BCUT2D eigenvalue weighted by atomic mass is 9.92. The Morgan fingerprint density at radius 1 is 1.00 bits per heavy atom. The Morgan fingerprint density at radius 2 is 1.73 bits per heavy atom. The number of hydrogen-bond donors (Lipinski definition) is 3.